The molecule has 1 saturated heterocycles. The monoisotopic (exact) mass is 294 g/mol. The molecule has 1 aliphatic heterocycles. The maximum atomic E-state index is 12.5. The fraction of sp³-hybridized carbons (Fsp3) is 0.533. The third-order valence-electron chi connectivity index (χ3n) is 3.63. The number of likely N-dealkylation sites (tertiary alicyclic amines) is 1. The highest BCUT2D eigenvalue weighted by Gasteiger charge is 2.48. The second-order valence-electron chi connectivity index (χ2n) is 6.07. The Kier molecular flexibility index (Phi) is 4.14. The lowest BCUT2D eigenvalue weighted by atomic mass is 9.80. The molecule has 0 N–H and O–H groups in total. The van der Waals surface area contributed by atoms with Gasteiger partial charge in [0.2, 0.25) is 11.8 Å². The van der Waals surface area contributed by atoms with Crippen LogP contribution in [0.4, 0.5) is 0 Å². The molecule has 1 aromatic heterocycles. The molecule has 1 fully saturated rings. The van der Waals surface area contributed by atoms with Crippen LogP contribution in [0.25, 0.3) is 0 Å². The van der Waals surface area contributed by atoms with Gasteiger partial charge in [-0.05, 0) is 18.4 Å². The number of hydrogen-bond acceptors (Lipinski definition) is 3. The lowest BCUT2D eigenvalue weighted by Gasteiger charge is -2.24. The van der Waals surface area contributed by atoms with E-state index in [0.717, 1.165) is 6.42 Å². The van der Waals surface area contributed by atoms with Crippen LogP contribution in [0.15, 0.2) is 18.3 Å². The first-order valence-electron chi connectivity index (χ1n) is 6.77. The van der Waals surface area contributed by atoms with Crippen molar-refractivity contribution in [1.29, 1.82) is 0 Å². The SMILES string of the molecule is CC(C)CC1(C)CC(=O)N(Cc2cccnc2Cl)C1=O. The van der Waals surface area contributed by atoms with Crippen LogP contribution in [0.5, 0.6) is 0 Å². The highest BCUT2D eigenvalue weighted by molar-refractivity contribution is 6.30. The molecule has 0 saturated carbocycles. The Morgan fingerprint density at radius 1 is 1.45 bits per heavy atom. The zero-order valence-electron chi connectivity index (χ0n) is 12.0. The number of halogens is 1. The first-order valence-corrected chi connectivity index (χ1v) is 7.15. The fourth-order valence-electron chi connectivity index (χ4n) is 2.87. The Bertz CT molecular complexity index is 544. The molecule has 20 heavy (non-hydrogen) atoms. The number of pyridine rings is 1. The van der Waals surface area contributed by atoms with E-state index in [2.05, 4.69) is 18.8 Å². The van der Waals surface area contributed by atoms with Gasteiger partial charge in [-0.1, -0.05) is 38.4 Å². The van der Waals surface area contributed by atoms with Crippen LogP contribution in [-0.4, -0.2) is 21.7 Å². The van der Waals surface area contributed by atoms with Crippen molar-refractivity contribution in [1.82, 2.24) is 9.88 Å². The third kappa shape index (κ3) is 2.85. The molecule has 1 unspecified atom stereocenters. The number of imide groups is 1. The van der Waals surface area contributed by atoms with Crippen LogP contribution in [0, 0.1) is 11.3 Å². The van der Waals surface area contributed by atoms with Gasteiger partial charge in [0.25, 0.3) is 0 Å². The summed E-state index contributed by atoms with van der Waals surface area (Å²) in [6.45, 7) is 6.20. The zero-order valence-corrected chi connectivity index (χ0v) is 12.8. The molecular weight excluding hydrogens is 276 g/mol. The third-order valence-corrected chi connectivity index (χ3v) is 3.97. The van der Waals surface area contributed by atoms with Crippen LogP contribution >= 0.6 is 11.6 Å². The minimum Gasteiger partial charge on any atom is -0.278 e. The Morgan fingerprint density at radius 3 is 2.75 bits per heavy atom. The normalized spacial score (nSPS) is 22.9. The van der Waals surface area contributed by atoms with Crippen LogP contribution in [-0.2, 0) is 16.1 Å². The van der Waals surface area contributed by atoms with Crippen molar-refractivity contribution in [2.75, 3.05) is 0 Å². The predicted octanol–water partition coefficient (Wildman–Crippen LogP) is 3.05. The molecule has 1 aromatic rings. The number of amides is 2. The van der Waals surface area contributed by atoms with Crippen LogP contribution < -0.4 is 0 Å². The molecule has 108 valence electrons. The topological polar surface area (TPSA) is 50.3 Å². The fourth-order valence-corrected chi connectivity index (χ4v) is 3.05. The number of hydrogen-bond donors (Lipinski definition) is 0. The summed E-state index contributed by atoms with van der Waals surface area (Å²) >= 11 is 5.99. The van der Waals surface area contributed by atoms with Crippen LogP contribution in [0.1, 0.15) is 39.2 Å². The number of carbonyl (C=O) groups is 2. The summed E-state index contributed by atoms with van der Waals surface area (Å²) < 4.78 is 0. The van der Waals surface area contributed by atoms with Crippen molar-refractivity contribution in [3.05, 3.63) is 29.0 Å². The minimum atomic E-state index is -0.583. The van der Waals surface area contributed by atoms with Crippen molar-refractivity contribution >= 4 is 23.4 Å². The highest BCUT2D eigenvalue weighted by Crippen LogP contribution is 2.39. The second-order valence-corrected chi connectivity index (χ2v) is 6.43. The molecule has 1 atom stereocenters. The van der Waals surface area contributed by atoms with Gasteiger partial charge in [-0.25, -0.2) is 4.98 Å². The lowest BCUT2D eigenvalue weighted by molar-refractivity contribution is -0.142. The van der Waals surface area contributed by atoms with Gasteiger partial charge in [-0.2, -0.15) is 0 Å². The number of carbonyl (C=O) groups excluding carboxylic acids is 2. The van der Waals surface area contributed by atoms with Gasteiger partial charge in [0.05, 0.1) is 12.0 Å². The maximum Gasteiger partial charge on any atom is 0.235 e. The Hall–Kier alpha value is -1.42. The molecule has 0 bridgehead atoms. The smallest absolute Gasteiger partial charge is 0.235 e. The van der Waals surface area contributed by atoms with Gasteiger partial charge in [-0.15, -0.1) is 0 Å². The molecule has 5 heteroatoms. The van der Waals surface area contributed by atoms with Gasteiger partial charge in [0.15, 0.2) is 0 Å². The first-order chi connectivity index (χ1) is 9.33. The Labute approximate surface area is 124 Å². The van der Waals surface area contributed by atoms with E-state index in [9.17, 15) is 9.59 Å². The van der Waals surface area contributed by atoms with E-state index >= 15 is 0 Å². The molecular formula is C15H19ClN2O2. The van der Waals surface area contributed by atoms with Crippen molar-refractivity contribution in [3.63, 3.8) is 0 Å². The van der Waals surface area contributed by atoms with Crippen LogP contribution in [0.3, 0.4) is 0 Å². The molecule has 2 rings (SSSR count). The van der Waals surface area contributed by atoms with Gasteiger partial charge in [-0.3, -0.25) is 14.5 Å². The van der Waals surface area contributed by atoms with Crippen molar-refractivity contribution in [2.24, 2.45) is 11.3 Å². The van der Waals surface area contributed by atoms with Gasteiger partial charge in [0.1, 0.15) is 5.15 Å². The Morgan fingerprint density at radius 2 is 2.15 bits per heavy atom. The summed E-state index contributed by atoms with van der Waals surface area (Å²) in [5.74, 6) is 0.146. The molecule has 0 aliphatic carbocycles. The quantitative estimate of drug-likeness (QED) is 0.633. The van der Waals surface area contributed by atoms with E-state index in [1.165, 1.54) is 4.90 Å². The number of aromatic nitrogens is 1. The standard InChI is InChI=1S/C15H19ClN2O2/c1-10(2)7-15(3)8-12(19)18(14(15)20)9-11-5-4-6-17-13(11)16/h4-6,10H,7-9H2,1-3H3. The van der Waals surface area contributed by atoms with Crippen LogP contribution in [0.2, 0.25) is 5.15 Å². The summed E-state index contributed by atoms with van der Waals surface area (Å²) in [5.41, 5.74) is 0.115. The highest BCUT2D eigenvalue weighted by atomic mass is 35.5. The minimum absolute atomic E-state index is 0.101. The molecule has 1 aliphatic rings. The van der Waals surface area contributed by atoms with Gasteiger partial charge < -0.3 is 0 Å². The van der Waals surface area contributed by atoms with E-state index in [-0.39, 0.29) is 24.8 Å². The largest absolute Gasteiger partial charge is 0.278 e. The molecule has 2 amide bonds. The molecule has 0 radical (unpaired) electrons. The summed E-state index contributed by atoms with van der Waals surface area (Å²) in [5, 5.41) is 0.338. The van der Waals surface area contributed by atoms with E-state index in [0.29, 0.717) is 16.6 Å². The number of rotatable bonds is 4. The summed E-state index contributed by atoms with van der Waals surface area (Å²) in [4.78, 5) is 30.0. The maximum absolute atomic E-state index is 12.5. The lowest BCUT2D eigenvalue weighted by Crippen LogP contribution is -2.34. The Balaban J connectivity index is 2.20. The second kappa shape index (κ2) is 5.52. The van der Waals surface area contributed by atoms with E-state index in [4.69, 9.17) is 11.6 Å². The van der Waals surface area contributed by atoms with E-state index in [1.807, 2.05) is 6.92 Å². The molecule has 0 aromatic carbocycles. The first kappa shape index (κ1) is 15.0. The summed E-state index contributed by atoms with van der Waals surface area (Å²) in [6, 6.07) is 3.54. The van der Waals surface area contributed by atoms with E-state index in [1.54, 1.807) is 18.3 Å². The zero-order chi connectivity index (χ0) is 14.9. The van der Waals surface area contributed by atoms with Crippen molar-refractivity contribution < 1.29 is 9.59 Å². The predicted molar refractivity (Wildman–Crippen MR) is 77.0 cm³/mol. The van der Waals surface area contributed by atoms with Crippen molar-refractivity contribution in [2.45, 2.75) is 40.2 Å². The van der Waals surface area contributed by atoms with Gasteiger partial charge >= 0.3 is 0 Å². The van der Waals surface area contributed by atoms with E-state index < -0.39 is 5.41 Å². The summed E-state index contributed by atoms with van der Waals surface area (Å²) in [6.07, 6.45) is 2.58. The average molecular weight is 295 g/mol. The number of nitrogens with zero attached hydrogens (tertiary/aromatic N) is 2. The van der Waals surface area contributed by atoms with Crippen molar-refractivity contribution in [3.8, 4) is 0 Å². The molecule has 2 heterocycles. The summed E-state index contributed by atoms with van der Waals surface area (Å²) in [7, 11) is 0. The average Bonchev–Trinajstić information content (AvgIpc) is 2.54. The molecule has 4 nitrogen and oxygen atoms in total. The molecule has 0 spiro atoms. The van der Waals surface area contributed by atoms with Gasteiger partial charge in [0, 0.05) is 18.2 Å².